The van der Waals surface area contributed by atoms with Gasteiger partial charge in [0.1, 0.15) is 4.21 Å². The highest BCUT2D eigenvalue weighted by Crippen LogP contribution is 2.24. The van der Waals surface area contributed by atoms with Gasteiger partial charge in [0.25, 0.3) is 10.0 Å². The van der Waals surface area contributed by atoms with Gasteiger partial charge < -0.3 is 5.32 Å². The van der Waals surface area contributed by atoms with Crippen molar-refractivity contribution in [2.24, 2.45) is 7.05 Å². The normalized spacial score (nSPS) is 11.7. The van der Waals surface area contributed by atoms with Crippen molar-refractivity contribution in [3.8, 4) is 0 Å². The first kappa shape index (κ1) is 15.0. The van der Waals surface area contributed by atoms with Gasteiger partial charge in [-0.15, -0.1) is 11.3 Å². The molecule has 0 atom stereocenters. The molecule has 0 saturated carbocycles. The van der Waals surface area contributed by atoms with E-state index in [2.05, 4.69) is 15.1 Å². The quantitative estimate of drug-likeness (QED) is 0.758. The fourth-order valence-electron chi connectivity index (χ4n) is 1.70. The smallest absolute Gasteiger partial charge is 0.271 e. The van der Waals surface area contributed by atoms with E-state index >= 15 is 0 Å². The molecule has 0 aliphatic rings. The Balaban J connectivity index is 2.06. The third-order valence-electron chi connectivity index (χ3n) is 2.66. The Kier molecular flexibility index (Phi) is 4.79. The molecule has 0 fully saturated rings. The number of aryl methyl sites for hydroxylation is 1. The summed E-state index contributed by atoms with van der Waals surface area (Å²) in [6.45, 7) is 3.81. The Hall–Kier alpha value is -1.38. The van der Waals surface area contributed by atoms with Crippen LogP contribution in [0.4, 0.5) is 5.69 Å². The van der Waals surface area contributed by atoms with Gasteiger partial charge in [0.2, 0.25) is 0 Å². The highest BCUT2D eigenvalue weighted by atomic mass is 32.2. The Morgan fingerprint density at radius 3 is 2.85 bits per heavy atom. The topological polar surface area (TPSA) is 76.0 Å². The van der Waals surface area contributed by atoms with Crippen LogP contribution in [0, 0.1) is 0 Å². The Morgan fingerprint density at radius 1 is 1.40 bits per heavy atom. The molecule has 2 heterocycles. The second-order valence-corrected chi connectivity index (χ2v) is 7.41. The molecule has 110 valence electrons. The molecule has 0 aromatic carbocycles. The molecule has 0 unspecified atom stereocenters. The largest absolute Gasteiger partial charge is 0.317 e. The average molecular weight is 314 g/mol. The monoisotopic (exact) mass is 314 g/mol. The SMILES string of the molecule is CCNCCc1ccc(S(=O)(=O)Nc2cnn(C)c2)s1. The van der Waals surface area contributed by atoms with Crippen LogP contribution < -0.4 is 10.0 Å². The molecule has 20 heavy (non-hydrogen) atoms. The molecule has 2 aromatic heterocycles. The number of rotatable bonds is 7. The molecule has 6 nitrogen and oxygen atoms in total. The molecule has 0 radical (unpaired) electrons. The second kappa shape index (κ2) is 6.38. The Bertz CT molecular complexity index is 661. The summed E-state index contributed by atoms with van der Waals surface area (Å²) in [5.41, 5.74) is 0.468. The van der Waals surface area contributed by atoms with Crippen LogP contribution in [0.1, 0.15) is 11.8 Å². The molecule has 0 amide bonds. The number of anilines is 1. The predicted molar refractivity (Wildman–Crippen MR) is 80.6 cm³/mol. The first-order valence-corrected chi connectivity index (χ1v) is 8.62. The van der Waals surface area contributed by atoms with E-state index in [0.29, 0.717) is 9.90 Å². The lowest BCUT2D eigenvalue weighted by atomic mass is 10.3. The van der Waals surface area contributed by atoms with Crippen molar-refractivity contribution in [2.45, 2.75) is 17.6 Å². The summed E-state index contributed by atoms with van der Waals surface area (Å²) in [4.78, 5) is 1.05. The van der Waals surface area contributed by atoms with Crippen LogP contribution in [0.3, 0.4) is 0 Å². The number of aromatic nitrogens is 2. The van der Waals surface area contributed by atoms with Crippen molar-refractivity contribution < 1.29 is 8.42 Å². The van der Waals surface area contributed by atoms with Gasteiger partial charge in [-0.1, -0.05) is 6.92 Å². The maximum absolute atomic E-state index is 12.2. The van der Waals surface area contributed by atoms with Crippen molar-refractivity contribution in [1.29, 1.82) is 0 Å². The van der Waals surface area contributed by atoms with Crippen LogP contribution >= 0.6 is 11.3 Å². The van der Waals surface area contributed by atoms with E-state index in [1.165, 1.54) is 17.5 Å². The van der Waals surface area contributed by atoms with E-state index in [-0.39, 0.29) is 0 Å². The number of thiophene rings is 1. The molecule has 2 N–H and O–H groups in total. The molecule has 0 saturated heterocycles. The van der Waals surface area contributed by atoms with Crippen LogP contribution in [0.25, 0.3) is 0 Å². The average Bonchev–Trinajstić information content (AvgIpc) is 2.99. The van der Waals surface area contributed by atoms with Crippen LogP contribution in [-0.4, -0.2) is 31.3 Å². The van der Waals surface area contributed by atoms with Crippen molar-refractivity contribution in [1.82, 2.24) is 15.1 Å². The maximum Gasteiger partial charge on any atom is 0.271 e. The maximum atomic E-state index is 12.2. The van der Waals surface area contributed by atoms with Gasteiger partial charge in [0, 0.05) is 18.1 Å². The van der Waals surface area contributed by atoms with E-state index in [1.807, 2.05) is 13.0 Å². The second-order valence-electron chi connectivity index (χ2n) is 4.33. The number of hydrogen-bond acceptors (Lipinski definition) is 5. The third kappa shape index (κ3) is 3.81. The summed E-state index contributed by atoms with van der Waals surface area (Å²) in [5, 5.41) is 7.15. The van der Waals surface area contributed by atoms with Crippen LogP contribution in [0.15, 0.2) is 28.7 Å². The van der Waals surface area contributed by atoms with Gasteiger partial charge in [-0.3, -0.25) is 9.40 Å². The minimum absolute atomic E-state index is 0.327. The van der Waals surface area contributed by atoms with Crippen LogP contribution in [-0.2, 0) is 23.5 Å². The minimum atomic E-state index is -3.51. The number of nitrogens with zero attached hydrogens (tertiary/aromatic N) is 2. The molecule has 2 aromatic rings. The summed E-state index contributed by atoms with van der Waals surface area (Å²) in [7, 11) is -1.78. The lowest BCUT2D eigenvalue weighted by Gasteiger charge is -2.02. The van der Waals surface area contributed by atoms with Crippen LogP contribution in [0.5, 0.6) is 0 Å². The number of nitrogens with one attached hydrogen (secondary N) is 2. The molecular formula is C12H18N4O2S2. The molecular weight excluding hydrogens is 296 g/mol. The lowest BCUT2D eigenvalue weighted by molar-refractivity contribution is 0.603. The summed E-state index contributed by atoms with van der Waals surface area (Å²) in [6.07, 6.45) is 3.94. The summed E-state index contributed by atoms with van der Waals surface area (Å²) < 4.78 is 28.8. The lowest BCUT2D eigenvalue weighted by Crippen LogP contribution is -2.15. The van der Waals surface area contributed by atoms with Crippen LogP contribution in [0.2, 0.25) is 0 Å². The van der Waals surface area contributed by atoms with Gasteiger partial charge in [-0.05, 0) is 31.6 Å². The van der Waals surface area contributed by atoms with Gasteiger partial charge >= 0.3 is 0 Å². The minimum Gasteiger partial charge on any atom is -0.317 e. The van der Waals surface area contributed by atoms with Crippen molar-refractivity contribution in [2.75, 3.05) is 17.8 Å². The zero-order valence-electron chi connectivity index (χ0n) is 11.5. The first-order chi connectivity index (χ1) is 9.51. The third-order valence-corrected chi connectivity index (χ3v) is 5.68. The van der Waals surface area contributed by atoms with E-state index in [9.17, 15) is 8.42 Å². The van der Waals surface area contributed by atoms with E-state index < -0.39 is 10.0 Å². The predicted octanol–water partition coefficient (Wildman–Crippen LogP) is 1.43. The first-order valence-electron chi connectivity index (χ1n) is 6.32. The summed E-state index contributed by atoms with van der Waals surface area (Å²) in [6, 6.07) is 3.50. The summed E-state index contributed by atoms with van der Waals surface area (Å²) >= 11 is 1.30. The molecule has 2 rings (SSSR count). The van der Waals surface area contributed by atoms with Crippen molar-refractivity contribution in [3.05, 3.63) is 29.4 Å². The van der Waals surface area contributed by atoms with Gasteiger partial charge in [-0.2, -0.15) is 5.10 Å². The van der Waals surface area contributed by atoms with Gasteiger partial charge in [0.05, 0.1) is 11.9 Å². The molecule has 0 spiro atoms. The molecule has 0 bridgehead atoms. The van der Waals surface area contributed by atoms with E-state index in [1.54, 1.807) is 24.0 Å². The zero-order chi connectivity index (χ0) is 14.6. The number of sulfonamides is 1. The highest BCUT2D eigenvalue weighted by Gasteiger charge is 2.17. The van der Waals surface area contributed by atoms with E-state index in [4.69, 9.17) is 0 Å². The fourth-order valence-corrected chi connectivity index (χ4v) is 4.09. The number of likely N-dealkylation sites (N-methyl/N-ethyl adjacent to an activating group) is 1. The number of hydrogen-bond donors (Lipinski definition) is 2. The Morgan fingerprint density at radius 2 is 2.20 bits per heavy atom. The van der Waals surface area contributed by atoms with Gasteiger partial charge in [0.15, 0.2) is 0 Å². The summed E-state index contributed by atoms with van der Waals surface area (Å²) in [5.74, 6) is 0. The van der Waals surface area contributed by atoms with Crippen molar-refractivity contribution in [3.63, 3.8) is 0 Å². The zero-order valence-corrected chi connectivity index (χ0v) is 13.1. The fraction of sp³-hybridized carbons (Fsp3) is 0.417. The van der Waals surface area contributed by atoms with Gasteiger partial charge in [-0.25, -0.2) is 8.42 Å². The van der Waals surface area contributed by atoms with Crippen molar-refractivity contribution >= 4 is 27.0 Å². The molecule has 0 aliphatic heterocycles. The Labute approximate surface area is 122 Å². The molecule has 0 aliphatic carbocycles. The molecule has 8 heteroatoms. The van der Waals surface area contributed by atoms with E-state index in [0.717, 1.165) is 24.4 Å². The highest BCUT2D eigenvalue weighted by molar-refractivity contribution is 7.94. The standard InChI is InChI=1S/C12H18N4O2S2/c1-3-13-7-6-11-4-5-12(19-11)20(17,18)15-10-8-14-16(2)9-10/h4-5,8-9,13,15H,3,6-7H2,1-2H3.